The van der Waals surface area contributed by atoms with Crippen LogP contribution in [0.15, 0.2) is 189 Å². The average Bonchev–Trinajstić information content (AvgIpc) is 3.97. The van der Waals surface area contributed by atoms with Crippen LogP contribution < -0.4 is 43.4 Å². The molecule has 0 aliphatic rings. The van der Waals surface area contributed by atoms with Gasteiger partial charge in [-0.3, -0.25) is 9.20 Å². The minimum Gasteiger partial charge on any atom is -0.497 e. The van der Waals surface area contributed by atoms with Gasteiger partial charge in [-0.2, -0.15) is 0 Å². The molecule has 17 nitrogen and oxygen atoms in total. The molecule has 0 bridgehead atoms. The standard InChI is InChI=1S/C35H34N4O5.C26H23N5O3/c1-41-29-11-4-25(5-12-29)23-39(24-26-6-13-30(42-2)14-7-26)35-37-20-18-28(38-35)10-17-33(40)27-8-15-31(16-9-27)44-34-22-32(43-3)19-21-36-34;1-32-21-7-3-18(4-8-21)16-30-26-28-13-11-20-17-29-25(31(20)26)19-5-9-22(10-6-19)34-24-15-23(33-2)12-14-27-24/h4-9,11-16,18-22H,10,17,23-24H2,1-3H3;3-15,17H,16H2,1-2H3,(H,28,30). The van der Waals surface area contributed by atoms with Crippen molar-refractivity contribution in [2.24, 2.45) is 0 Å². The van der Waals surface area contributed by atoms with Gasteiger partial charge in [0, 0.05) is 79.8 Å². The van der Waals surface area contributed by atoms with E-state index >= 15 is 0 Å². The van der Waals surface area contributed by atoms with Crippen LogP contribution >= 0.6 is 0 Å². The summed E-state index contributed by atoms with van der Waals surface area (Å²) in [4.78, 5) is 42.2. The third-order valence-electron chi connectivity index (χ3n) is 12.3. The molecule has 1 N–H and O–H groups in total. The van der Waals surface area contributed by atoms with Crippen LogP contribution in [0.5, 0.6) is 52.0 Å². The predicted molar refractivity (Wildman–Crippen MR) is 297 cm³/mol. The highest BCUT2D eigenvalue weighted by atomic mass is 16.5. The van der Waals surface area contributed by atoms with Crippen molar-refractivity contribution >= 4 is 23.2 Å². The lowest BCUT2D eigenvalue weighted by molar-refractivity contribution is 0.0982. The number of ether oxygens (including phenoxy) is 7. The lowest BCUT2D eigenvalue weighted by Gasteiger charge is -2.23. The van der Waals surface area contributed by atoms with Crippen molar-refractivity contribution in [1.82, 2.24) is 34.3 Å². The van der Waals surface area contributed by atoms with Gasteiger partial charge in [0.15, 0.2) is 5.78 Å². The number of ketones is 1. The van der Waals surface area contributed by atoms with Gasteiger partial charge in [-0.1, -0.05) is 36.4 Å². The number of pyridine rings is 2. The van der Waals surface area contributed by atoms with Crippen LogP contribution in [0.3, 0.4) is 0 Å². The van der Waals surface area contributed by atoms with Crippen LogP contribution in [0.2, 0.25) is 0 Å². The fourth-order valence-corrected chi connectivity index (χ4v) is 8.13. The van der Waals surface area contributed by atoms with Crippen molar-refractivity contribution in [3.05, 3.63) is 217 Å². The number of methoxy groups -OCH3 is 5. The summed E-state index contributed by atoms with van der Waals surface area (Å²) < 4.78 is 40.0. The molecule has 0 atom stereocenters. The lowest BCUT2D eigenvalue weighted by Crippen LogP contribution is -2.24. The van der Waals surface area contributed by atoms with E-state index in [9.17, 15) is 4.79 Å². The molecule has 0 aliphatic heterocycles. The smallest absolute Gasteiger partial charge is 0.226 e. The van der Waals surface area contributed by atoms with Gasteiger partial charge in [-0.15, -0.1) is 0 Å². The molecule has 0 fully saturated rings. The lowest BCUT2D eigenvalue weighted by atomic mass is 10.1. The number of hydrogen-bond acceptors (Lipinski definition) is 16. The average molecular weight is 1040 g/mol. The maximum Gasteiger partial charge on any atom is 0.226 e. The van der Waals surface area contributed by atoms with Gasteiger partial charge >= 0.3 is 0 Å². The Kier molecular flexibility index (Phi) is 17.6. The first-order chi connectivity index (χ1) is 38.3. The number of nitrogens with one attached hydrogen (secondary N) is 1. The molecule has 0 unspecified atom stereocenters. The van der Waals surface area contributed by atoms with E-state index < -0.39 is 0 Å². The number of Topliss-reactive ketones (excluding diaryl/α,β-unsaturated/α-hetero) is 1. The van der Waals surface area contributed by atoms with Gasteiger partial charge in [0.05, 0.1) is 47.3 Å². The second-order valence-corrected chi connectivity index (χ2v) is 17.5. The van der Waals surface area contributed by atoms with E-state index in [-0.39, 0.29) is 5.78 Å². The molecule has 0 saturated heterocycles. The molecule has 0 spiro atoms. The Labute approximate surface area is 452 Å². The van der Waals surface area contributed by atoms with Crippen molar-refractivity contribution in [1.29, 1.82) is 0 Å². The first-order valence-electron chi connectivity index (χ1n) is 24.9. The Morgan fingerprint density at radius 1 is 0.500 bits per heavy atom. The van der Waals surface area contributed by atoms with Crippen LogP contribution in [-0.2, 0) is 26.1 Å². The van der Waals surface area contributed by atoms with Crippen molar-refractivity contribution < 1.29 is 38.0 Å². The number of aryl methyl sites for hydroxylation is 1. The monoisotopic (exact) mass is 1040 g/mol. The zero-order valence-electron chi connectivity index (χ0n) is 43.8. The number of imidazole rings is 1. The molecule has 78 heavy (non-hydrogen) atoms. The van der Waals surface area contributed by atoms with Crippen molar-refractivity contribution in [3.63, 3.8) is 0 Å². The summed E-state index contributed by atoms with van der Waals surface area (Å²) in [6, 6.07) is 49.3. The topological polar surface area (TPSA) is 179 Å². The summed E-state index contributed by atoms with van der Waals surface area (Å²) in [6.45, 7) is 1.81. The number of anilines is 2. The maximum absolute atomic E-state index is 13.0. The van der Waals surface area contributed by atoms with Crippen LogP contribution in [0.4, 0.5) is 11.9 Å². The second-order valence-electron chi connectivity index (χ2n) is 17.5. The Morgan fingerprint density at radius 2 is 0.987 bits per heavy atom. The highest BCUT2D eigenvalue weighted by molar-refractivity contribution is 5.96. The highest BCUT2D eigenvalue weighted by Crippen LogP contribution is 2.29. The normalized spacial score (nSPS) is 10.7. The number of carbonyl (C=O) groups is 1. The quantitative estimate of drug-likeness (QED) is 0.0633. The Morgan fingerprint density at radius 3 is 1.53 bits per heavy atom. The molecule has 0 aliphatic carbocycles. The van der Waals surface area contributed by atoms with Gasteiger partial charge in [0.1, 0.15) is 46.1 Å². The zero-order chi connectivity index (χ0) is 54.1. The number of carbonyl (C=O) groups excluding carboxylic acids is 1. The molecular formula is C61H57N9O8. The predicted octanol–water partition coefficient (Wildman–Crippen LogP) is 11.9. The summed E-state index contributed by atoms with van der Waals surface area (Å²) in [5, 5.41) is 3.42. The third kappa shape index (κ3) is 14.0. The van der Waals surface area contributed by atoms with E-state index in [0.717, 1.165) is 56.5 Å². The Hall–Kier alpha value is -10.0. The Bertz CT molecular complexity index is 3480. The number of fused-ring (bicyclic) bond motifs is 1. The van der Waals surface area contributed by atoms with Gasteiger partial charge in [0.2, 0.25) is 23.7 Å². The van der Waals surface area contributed by atoms with Gasteiger partial charge in [0.25, 0.3) is 0 Å². The minimum absolute atomic E-state index is 0.0181. The zero-order valence-corrected chi connectivity index (χ0v) is 43.8. The molecule has 17 heteroatoms. The van der Waals surface area contributed by atoms with Crippen molar-refractivity contribution in [3.8, 4) is 63.4 Å². The van der Waals surface area contributed by atoms with Gasteiger partial charge in [-0.25, -0.2) is 29.9 Å². The summed E-state index contributed by atoms with van der Waals surface area (Å²) in [6.07, 6.45) is 9.41. The van der Waals surface area contributed by atoms with E-state index in [1.165, 1.54) is 0 Å². The van der Waals surface area contributed by atoms with Crippen molar-refractivity contribution in [2.45, 2.75) is 32.5 Å². The largest absolute Gasteiger partial charge is 0.497 e. The first kappa shape index (κ1) is 52.8. The minimum atomic E-state index is 0.0181. The highest BCUT2D eigenvalue weighted by Gasteiger charge is 2.16. The summed E-state index contributed by atoms with van der Waals surface area (Å²) >= 11 is 0. The third-order valence-corrected chi connectivity index (χ3v) is 12.3. The number of benzene rings is 5. The fraction of sp³-hybridized carbons (Fsp3) is 0.164. The van der Waals surface area contributed by atoms with Gasteiger partial charge < -0.3 is 43.4 Å². The van der Waals surface area contributed by atoms with Crippen LogP contribution in [-0.4, -0.2) is 75.6 Å². The van der Waals surface area contributed by atoms with E-state index in [1.807, 2.05) is 120 Å². The maximum atomic E-state index is 13.0. The number of rotatable bonds is 22. The molecule has 5 aromatic carbocycles. The molecule has 10 aromatic rings. The molecule has 5 aromatic heterocycles. The summed E-state index contributed by atoms with van der Waals surface area (Å²) in [7, 11) is 8.16. The summed E-state index contributed by atoms with van der Waals surface area (Å²) in [5.74, 6) is 8.00. The number of aromatic nitrogens is 7. The van der Waals surface area contributed by atoms with Crippen LogP contribution in [0.25, 0.3) is 16.9 Å². The molecule has 10 rings (SSSR count). The number of nitrogens with zero attached hydrogens (tertiary/aromatic N) is 8. The van der Waals surface area contributed by atoms with E-state index in [1.54, 1.807) is 109 Å². The van der Waals surface area contributed by atoms with Crippen molar-refractivity contribution in [2.75, 3.05) is 45.8 Å². The van der Waals surface area contributed by atoms with Crippen LogP contribution in [0.1, 0.15) is 39.2 Å². The van der Waals surface area contributed by atoms with Gasteiger partial charge in [-0.05, 0) is 132 Å². The Balaban J connectivity index is 0.000000196. The fourth-order valence-electron chi connectivity index (χ4n) is 8.13. The molecule has 394 valence electrons. The van der Waals surface area contributed by atoms with E-state index in [2.05, 4.69) is 35.1 Å². The molecular weight excluding hydrogens is 987 g/mol. The molecule has 0 amide bonds. The van der Waals surface area contributed by atoms with E-state index in [0.29, 0.717) is 84.7 Å². The van der Waals surface area contributed by atoms with E-state index in [4.69, 9.17) is 38.1 Å². The van der Waals surface area contributed by atoms with Crippen LogP contribution in [0, 0.1) is 0 Å². The number of hydrogen-bond donors (Lipinski definition) is 1. The first-order valence-corrected chi connectivity index (χ1v) is 24.9. The second kappa shape index (κ2) is 26.0. The molecule has 5 heterocycles. The SMILES string of the molecule is COc1ccc(CN(Cc2ccc(OC)cc2)c2nccc(CCC(=O)c3ccc(Oc4cc(OC)ccn4)cc3)n2)cc1.COc1ccc(CNc2nccc3cnc(-c4ccc(Oc5cc(OC)ccn5)cc4)n23)cc1. The molecule has 0 saturated carbocycles. The molecule has 0 radical (unpaired) electrons. The summed E-state index contributed by atoms with van der Waals surface area (Å²) in [5.41, 5.74) is 6.59.